The Balaban J connectivity index is 1.57. The lowest BCUT2D eigenvalue weighted by Gasteiger charge is -2.26. The van der Waals surface area contributed by atoms with Gasteiger partial charge in [-0.3, -0.25) is 0 Å². The van der Waals surface area contributed by atoms with Crippen molar-refractivity contribution in [3.05, 3.63) is 59.7 Å². The molecule has 1 atom stereocenters. The molecule has 0 amide bonds. The van der Waals surface area contributed by atoms with E-state index in [1.165, 1.54) is 12.1 Å². The lowest BCUT2D eigenvalue weighted by molar-refractivity contribution is 0.00263. The predicted octanol–water partition coefficient (Wildman–Crippen LogP) is 2.74. The quantitative estimate of drug-likeness (QED) is 0.919. The summed E-state index contributed by atoms with van der Waals surface area (Å²) in [5, 5.41) is 9.00. The summed E-state index contributed by atoms with van der Waals surface area (Å²) >= 11 is 0. The number of carboxylic acid groups (broad SMARTS) is 1. The normalized spacial score (nSPS) is 16.3. The zero-order chi connectivity index (χ0) is 15.4. The van der Waals surface area contributed by atoms with Crippen molar-refractivity contribution in [2.75, 3.05) is 13.2 Å². The van der Waals surface area contributed by atoms with Gasteiger partial charge in [-0.25, -0.2) is 4.79 Å². The second kappa shape index (κ2) is 6.49. The highest BCUT2D eigenvalue weighted by Crippen LogP contribution is 2.32. The summed E-state index contributed by atoms with van der Waals surface area (Å²) in [6, 6.07) is 14.4. The lowest BCUT2D eigenvalue weighted by Crippen LogP contribution is -2.33. The zero-order valence-corrected chi connectivity index (χ0v) is 11.9. The van der Waals surface area contributed by atoms with Gasteiger partial charge >= 0.3 is 5.97 Å². The van der Waals surface area contributed by atoms with Crippen molar-refractivity contribution in [3.8, 4) is 11.5 Å². The number of hydrogen-bond acceptors (Lipinski definition) is 4. The summed E-state index contributed by atoms with van der Waals surface area (Å²) in [7, 11) is 0. The van der Waals surface area contributed by atoms with Crippen LogP contribution in [-0.4, -0.2) is 30.4 Å². The molecular formula is C17H16O5. The smallest absolute Gasteiger partial charge is 0.335 e. The van der Waals surface area contributed by atoms with Crippen molar-refractivity contribution in [1.82, 2.24) is 0 Å². The van der Waals surface area contributed by atoms with Crippen LogP contribution in [0.3, 0.4) is 0 Å². The van der Waals surface area contributed by atoms with Crippen LogP contribution >= 0.6 is 0 Å². The summed E-state index contributed by atoms with van der Waals surface area (Å²) in [4.78, 5) is 11.0. The fourth-order valence-corrected chi connectivity index (χ4v) is 2.21. The maximum atomic E-state index is 11.0. The number of fused-ring (bicyclic) bond motifs is 1. The standard InChI is InChI=1S/C17H16O5/c18-17(19)13-6-7-15-16(8-13)22-14(11-21-15)10-20-9-12-4-2-1-3-5-12/h1-8,14H,9-11H2,(H,18,19)/t14-/m0/s1. The van der Waals surface area contributed by atoms with E-state index in [0.29, 0.717) is 31.3 Å². The summed E-state index contributed by atoms with van der Waals surface area (Å²) < 4.78 is 17.0. The lowest BCUT2D eigenvalue weighted by atomic mass is 10.2. The molecule has 0 saturated heterocycles. The van der Waals surface area contributed by atoms with Gasteiger partial charge in [-0.05, 0) is 23.8 Å². The molecule has 1 N–H and O–H groups in total. The van der Waals surface area contributed by atoms with Crippen LogP contribution in [0.15, 0.2) is 48.5 Å². The molecule has 0 fully saturated rings. The van der Waals surface area contributed by atoms with Crippen molar-refractivity contribution >= 4 is 5.97 Å². The number of carboxylic acids is 1. The van der Waals surface area contributed by atoms with Gasteiger partial charge in [0.15, 0.2) is 17.6 Å². The Bertz CT molecular complexity index is 653. The van der Waals surface area contributed by atoms with Gasteiger partial charge in [0.2, 0.25) is 0 Å². The van der Waals surface area contributed by atoms with Gasteiger partial charge in [0.1, 0.15) is 6.61 Å². The first kappa shape index (κ1) is 14.4. The molecule has 1 aliphatic heterocycles. The number of rotatable bonds is 5. The van der Waals surface area contributed by atoms with Crippen LogP contribution in [0, 0.1) is 0 Å². The highest BCUT2D eigenvalue weighted by atomic mass is 16.6. The molecule has 5 heteroatoms. The van der Waals surface area contributed by atoms with Crippen LogP contribution in [0.4, 0.5) is 0 Å². The number of benzene rings is 2. The van der Waals surface area contributed by atoms with Crippen molar-refractivity contribution < 1.29 is 24.1 Å². The number of hydrogen-bond donors (Lipinski definition) is 1. The van der Waals surface area contributed by atoms with Crippen molar-refractivity contribution in [1.29, 1.82) is 0 Å². The Morgan fingerprint density at radius 2 is 2.00 bits per heavy atom. The van der Waals surface area contributed by atoms with Crippen molar-refractivity contribution in [3.63, 3.8) is 0 Å². The molecular weight excluding hydrogens is 284 g/mol. The van der Waals surface area contributed by atoms with Gasteiger partial charge in [0.05, 0.1) is 18.8 Å². The van der Waals surface area contributed by atoms with Crippen LogP contribution in [-0.2, 0) is 11.3 Å². The molecule has 0 saturated carbocycles. The number of carbonyl (C=O) groups is 1. The average Bonchev–Trinajstić information content (AvgIpc) is 2.55. The van der Waals surface area contributed by atoms with E-state index in [1.807, 2.05) is 30.3 Å². The molecule has 0 aromatic heterocycles. The van der Waals surface area contributed by atoms with Gasteiger partial charge in [-0.15, -0.1) is 0 Å². The first-order chi connectivity index (χ1) is 10.7. The minimum Gasteiger partial charge on any atom is -0.486 e. The molecule has 5 nitrogen and oxygen atoms in total. The molecule has 1 aliphatic rings. The van der Waals surface area contributed by atoms with E-state index in [0.717, 1.165) is 5.56 Å². The summed E-state index contributed by atoms with van der Waals surface area (Å²) in [5.74, 6) is 0.0117. The van der Waals surface area contributed by atoms with E-state index in [4.69, 9.17) is 19.3 Å². The second-order valence-corrected chi connectivity index (χ2v) is 5.02. The van der Waals surface area contributed by atoms with Gasteiger partial charge in [0.25, 0.3) is 0 Å². The van der Waals surface area contributed by atoms with E-state index in [9.17, 15) is 4.79 Å². The van der Waals surface area contributed by atoms with E-state index >= 15 is 0 Å². The topological polar surface area (TPSA) is 65.0 Å². The molecule has 22 heavy (non-hydrogen) atoms. The monoisotopic (exact) mass is 300 g/mol. The van der Waals surface area contributed by atoms with Gasteiger partial charge in [-0.2, -0.15) is 0 Å². The van der Waals surface area contributed by atoms with Crippen LogP contribution < -0.4 is 9.47 Å². The predicted molar refractivity (Wildman–Crippen MR) is 79.4 cm³/mol. The highest BCUT2D eigenvalue weighted by molar-refractivity contribution is 5.88. The maximum absolute atomic E-state index is 11.0. The van der Waals surface area contributed by atoms with Gasteiger partial charge < -0.3 is 19.3 Å². The molecule has 0 unspecified atom stereocenters. The third-order valence-electron chi connectivity index (χ3n) is 3.32. The van der Waals surface area contributed by atoms with Crippen molar-refractivity contribution in [2.45, 2.75) is 12.7 Å². The van der Waals surface area contributed by atoms with Crippen LogP contribution in [0.25, 0.3) is 0 Å². The molecule has 114 valence electrons. The maximum Gasteiger partial charge on any atom is 0.335 e. The fraction of sp³-hybridized carbons (Fsp3) is 0.235. The Morgan fingerprint density at radius 3 is 2.77 bits per heavy atom. The summed E-state index contributed by atoms with van der Waals surface area (Å²) in [6.07, 6.45) is -0.250. The van der Waals surface area contributed by atoms with E-state index < -0.39 is 5.97 Å². The number of ether oxygens (including phenoxy) is 3. The third kappa shape index (κ3) is 3.38. The molecule has 2 aromatic carbocycles. The molecule has 3 rings (SSSR count). The Labute approximate surface area is 128 Å². The number of aromatic carboxylic acids is 1. The van der Waals surface area contributed by atoms with Crippen LogP contribution in [0.2, 0.25) is 0 Å². The van der Waals surface area contributed by atoms with Gasteiger partial charge in [-0.1, -0.05) is 30.3 Å². The Kier molecular flexibility index (Phi) is 4.25. The summed E-state index contributed by atoms with van der Waals surface area (Å²) in [6.45, 7) is 1.27. The Hall–Kier alpha value is -2.53. The minimum absolute atomic E-state index is 0.174. The van der Waals surface area contributed by atoms with E-state index in [1.54, 1.807) is 6.07 Å². The SMILES string of the molecule is O=C(O)c1ccc2c(c1)O[C@@H](COCc1ccccc1)CO2. The third-order valence-corrected chi connectivity index (χ3v) is 3.32. The summed E-state index contributed by atoms with van der Waals surface area (Å²) in [5.41, 5.74) is 1.26. The van der Waals surface area contributed by atoms with Crippen LogP contribution in [0.5, 0.6) is 11.5 Å². The second-order valence-electron chi connectivity index (χ2n) is 5.02. The largest absolute Gasteiger partial charge is 0.486 e. The minimum atomic E-state index is -0.992. The molecule has 0 radical (unpaired) electrons. The molecule has 0 aliphatic carbocycles. The molecule has 0 bridgehead atoms. The van der Waals surface area contributed by atoms with Crippen LogP contribution in [0.1, 0.15) is 15.9 Å². The first-order valence-electron chi connectivity index (χ1n) is 7.01. The Morgan fingerprint density at radius 1 is 1.18 bits per heavy atom. The molecule has 0 spiro atoms. The first-order valence-corrected chi connectivity index (χ1v) is 7.01. The highest BCUT2D eigenvalue weighted by Gasteiger charge is 2.22. The molecule has 2 aromatic rings. The van der Waals surface area contributed by atoms with Gasteiger partial charge in [0, 0.05) is 0 Å². The molecule has 1 heterocycles. The fourth-order valence-electron chi connectivity index (χ4n) is 2.21. The average molecular weight is 300 g/mol. The van der Waals surface area contributed by atoms with E-state index in [-0.39, 0.29) is 11.7 Å². The zero-order valence-electron chi connectivity index (χ0n) is 11.9. The van der Waals surface area contributed by atoms with E-state index in [2.05, 4.69) is 0 Å². The van der Waals surface area contributed by atoms with Crippen molar-refractivity contribution in [2.24, 2.45) is 0 Å².